The van der Waals surface area contributed by atoms with Gasteiger partial charge in [0.1, 0.15) is 11.4 Å². The van der Waals surface area contributed by atoms with E-state index in [0.717, 1.165) is 11.3 Å². The molecule has 0 aliphatic heterocycles. The molecule has 0 amide bonds. The molecule has 1 aromatic carbocycles. The Morgan fingerprint density at radius 3 is 2.33 bits per heavy atom. The summed E-state index contributed by atoms with van der Waals surface area (Å²) in [6, 6.07) is 5.75. The van der Waals surface area contributed by atoms with Crippen LogP contribution in [0.25, 0.3) is 0 Å². The van der Waals surface area contributed by atoms with Gasteiger partial charge in [-0.05, 0) is 42.0 Å². The van der Waals surface area contributed by atoms with Crippen LogP contribution in [0, 0.1) is 0 Å². The lowest BCUT2D eigenvalue weighted by atomic mass is 10.0. The van der Waals surface area contributed by atoms with Crippen molar-refractivity contribution in [3.8, 4) is 0 Å². The molecule has 0 fully saturated rings. The van der Waals surface area contributed by atoms with Gasteiger partial charge in [0.2, 0.25) is 0 Å². The van der Waals surface area contributed by atoms with E-state index in [9.17, 15) is 0 Å². The normalized spacial score (nSPS) is 9.27. The minimum Gasteiger partial charge on any atom is -0.192 e. The smallest absolute Gasteiger partial charge is 0.104 e. The molecule has 0 unspecified atom stereocenters. The van der Waals surface area contributed by atoms with Crippen LogP contribution in [0.5, 0.6) is 0 Å². The second kappa shape index (κ2) is 5.64. The summed E-state index contributed by atoms with van der Waals surface area (Å²) in [4.78, 5) is 7.98. The van der Waals surface area contributed by atoms with E-state index in [1.807, 2.05) is 18.2 Å². The molecule has 0 atom stereocenters. The van der Waals surface area contributed by atoms with Gasteiger partial charge in [-0.1, -0.05) is 26.0 Å². The summed E-state index contributed by atoms with van der Waals surface area (Å²) in [6.07, 6.45) is 0. The molecular weight excluding hydrogens is 224 g/mol. The maximum absolute atomic E-state index is 4.62. The predicted octanol–water partition coefficient (Wildman–Crippen LogP) is 4.28. The van der Waals surface area contributed by atoms with Crippen LogP contribution in [0.3, 0.4) is 0 Å². The molecule has 0 aromatic heterocycles. The van der Waals surface area contributed by atoms with Crippen LogP contribution in [-0.4, -0.2) is 10.3 Å². The van der Waals surface area contributed by atoms with Crippen LogP contribution in [0.15, 0.2) is 28.2 Å². The van der Waals surface area contributed by atoms with Crippen LogP contribution >= 0.6 is 24.4 Å². The highest BCUT2D eigenvalue weighted by Crippen LogP contribution is 2.35. The fourth-order valence-electron chi connectivity index (χ4n) is 1.32. The quantitative estimate of drug-likeness (QED) is 0.576. The Balaban J connectivity index is 3.47. The van der Waals surface area contributed by atoms with Gasteiger partial charge < -0.3 is 0 Å². The molecule has 0 N–H and O–H groups in total. The van der Waals surface area contributed by atoms with Crippen LogP contribution < -0.4 is 0 Å². The Kier molecular flexibility index (Phi) is 4.47. The number of nitrogens with zero attached hydrogens (tertiary/aromatic N) is 2. The van der Waals surface area contributed by atoms with Crippen LogP contribution in [0.2, 0.25) is 0 Å². The Hall–Kier alpha value is -1.18. The highest BCUT2D eigenvalue weighted by molar-refractivity contribution is 7.78. The van der Waals surface area contributed by atoms with E-state index in [-0.39, 0.29) is 0 Å². The van der Waals surface area contributed by atoms with Crippen molar-refractivity contribution in [1.82, 2.24) is 0 Å². The van der Waals surface area contributed by atoms with Gasteiger partial charge in [0.15, 0.2) is 0 Å². The molecule has 0 heterocycles. The molecule has 0 aliphatic carbocycles. The van der Waals surface area contributed by atoms with Crippen molar-refractivity contribution in [2.45, 2.75) is 19.8 Å². The highest BCUT2D eigenvalue weighted by Gasteiger charge is 2.09. The molecule has 0 saturated carbocycles. The Bertz CT molecular complexity index is 454. The van der Waals surface area contributed by atoms with Crippen LogP contribution in [-0.2, 0) is 0 Å². The first-order valence-electron chi connectivity index (χ1n) is 4.49. The van der Waals surface area contributed by atoms with Crippen molar-refractivity contribution in [3.05, 3.63) is 23.8 Å². The van der Waals surface area contributed by atoms with E-state index in [2.05, 4.69) is 58.6 Å². The summed E-state index contributed by atoms with van der Waals surface area (Å²) < 4.78 is 0. The molecule has 0 bridgehead atoms. The van der Waals surface area contributed by atoms with E-state index in [1.165, 1.54) is 0 Å². The lowest BCUT2D eigenvalue weighted by molar-refractivity contribution is 0.867. The Morgan fingerprint density at radius 1 is 1.13 bits per heavy atom. The average molecular weight is 234 g/mol. The zero-order valence-electron chi connectivity index (χ0n) is 8.52. The zero-order chi connectivity index (χ0) is 11.3. The van der Waals surface area contributed by atoms with Gasteiger partial charge in [-0.2, -0.15) is 9.98 Å². The highest BCUT2D eigenvalue weighted by atomic mass is 32.1. The van der Waals surface area contributed by atoms with Gasteiger partial charge >= 0.3 is 0 Å². The predicted molar refractivity (Wildman–Crippen MR) is 69.9 cm³/mol. The van der Waals surface area contributed by atoms with Crippen molar-refractivity contribution >= 4 is 46.1 Å². The van der Waals surface area contributed by atoms with Crippen LogP contribution in [0.4, 0.5) is 11.4 Å². The molecule has 0 saturated heterocycles. The van der Waals surface area contributed by atoms with E-state index in [4.69, 9.17) is 0 Å². The van der Waals surface area contributed by atoms with E-state index < -0.39 is 0 Å². The summed E-state index contributed by atoms with van der Waals surface area (Å²) in [5.41, 5.74) is 2.51. The molecule has 4 heteroatoms. The van der Waals surface area contributed by atoms with Crippen molar-refractivity contribution in [3.63, 3.8) is 0 Å². The molecule has 1 rings (SSSR count). The van der Waals surface area contributed by atoms with Gasteiger partial charge in [0.05, 0.1) is 10.3 Å². The maximum atomic E-state index is 4.62. The minimum absolute atomic E-state index is 0.354. The molecule has 0 radical (unpaired) electrons. The fourth-order valence-corrected chi connectivity index (χ4v) is 1.51. The Morgan fingerprint density at radius 2 is 1.80 bits per heavy atom. The molecule has 1 aromatic rings. The second-order valence-corrected chi connectivity index (χ2v) is 3.64. The summed E-state index contributed by atoms with van der Waals surface area (Å²) in [5, 5.41) is 4.70. The van der Waals surface area contributed by atoms with Gasteiger partial charge in [-0.25, -0.2) is 0 Å². The summed E-state index contributed by atoms with van der Waals surface area (Å²) in [7, 11) is 0. The zero-order valence-corrected chi connectivity index (χ0v) is 10.2. The standard InChI is InChI=1S/C11H10N2S2/c1-8(2)9-4-3-5-10(12-6-14)11(9)13-7-15/h3-5,8H,1-2H3. The second-order valence-electron chi connectivity index (χ2n) is 3.28. The Labute approximate surface area is 99.8 Å². The van der Waals surface area contributed by atoms with Crippen molar-refractivity contribution in [1.29, 1.82) is 0 Å². The largest absolute Gasteiger partial charge is 0.192 e. The fraction of sp³-hybridized carbons (Fsp3) is 0.273. The summed E-state index contributed by atoms with van der Waals surface area (Å²) >= 11 is 9.20. The minimum atomic E-state index is 0.354. The van der Waals surface area contributed by atoms with E-state index in [0.29, 0.717) is 11.6 Å². The molecule has 0 spiro atoms. The maximum Gasteiger partial charge on any atom is 0.104 e. The number of aliphatic imine (C=N–C) groups is 2. The van der Waals surface area contributed by atoms with Crippen LogP contribution in [0.1, 0.15) is 25.3 Å². The lowest BCUT2D eigenvalue weighted by Gasteiger charge is -2.09. The van der Waals surface area contributed by atoms with Gasteiger partial charge in [-0.3, -0.25) is 0 Å². The number of para-hydroxylation sites is 1. The van der Waals surface area contributed by atoms with Gasteiger partial charge in [-0.15, -0.1) is 0 Å². The molecular formula is C11H10N2S2. The third kappa shape index (κ3) is 2.88. The number of hydrogen-bond donors (Lipinski definition) is 0. The third-order valence-corrected chi connectivity index (χ3v) is 2.17. The van der Waals surface area contributed by atoms with E-state index in [1.54, 1.807) is 0 Å². The first-order valence-corrected chi connectivity index (χ1v) is 5.31. The molecule has 15 heavy (non-hydrogen) atoms. The number of isothiocyanates is 2. The average Bonchev–Trinajstić information content (AvgIpc) is 2.21. The molecule has 2 nitrogen and oxygen atoms in total. The molecule has 0 aliphatic rings. The lowest BCUT2D eigenvalue weighted by Crippen LogP contribution is -1.87. The van der Waals surface area contributed by atoms with Gasteiger partial charge in [0, 0.05) is 0 Å². The molecule has 76 valence electrons. The van der Waals surface area contributed by atoms with E-state index >= 15 is 0 Å². The number of thiocarbonyl (C=S) groups is 2. The van der Waals surface area contributed by atoms with Crippen molar-refractivity contribution in [2.75, 3.05) is 0 Å². The first-order chi connectivity index (χ1) is 7.20. The first kappa shape index (κ1) is 11.9. The van der Waals surface area contributed by atoms with Gasteiger partial charge in [0.25, 0.3) is 0 Å². The summed E-state index contributed by atoms with van der Waals surface area (Å²) in [6.45, 7) is 4.17. The number of benzene rings is 1. The number of rotatable bonds is 3. The third-order valence-electron chi connectivity index (χ3n) is 1.99. The van der Waals surface area contributed by atoms with Crippen molar-refractivity contribution in [2.24, 2.45) is 9.98 Å². The van der Waals surface area contributed by atoms with Crippen molar-refractivity contribution < 1.29 is 0 Å². The topological polar surface area (TPSA) is 24.7 Å². The monoisotopic (exact) mass is 234 g/mol. The summed E-state index contributed by atoms with van der Waals surface area (Å²) in [5.74, 6) is 0.354. The number of hydrogen-bond acceptors (Lipinski definition) is 4. The SMILES string of the molecule is CC(C)c1cccc(N=C=S)c1N=C=S.